The molecule has 0 aliphatic heterocycles. The first-order chi connectivity index (χ1) is 11.8. The van der Waals surface area contributed by atoms with Crippen LogP contribution in [0.2, 0.25) is 0 Å². The molecule has 1 amide bonds. The lowest BCUT2D eigenvalue weighted by molar-refractivity contribution is -0.123. The van der Waals surface area contributed by atoms with Gasteiger partial charge in [-0.2, -0.15) is 5.10 Å². The predicted molar refractivity (Wildman–Crippen MR) is 105 cm³/mol. The van der Waals surface area contributed by atoms with Gasteiger partial charge in [0.05, 0.1) is 10.7 Å². The van der Waals surface area contributed by atoms with Crippen LogP contribution in [-0.4, -0.2) is 28.9 Å². The second-order valence-corrected chi connectivity index (χ2v) is 7.40. The largest absolute Gasteiger partial charge is 0.506 e. The smallest absolute Gasteiger partial charge is 0.277 e. The molecule has 0 spiro atoms. The van der Waals surface area contributed by atoms with E-state index in [1.54, 1.807) is 25.1 Å². The van der Waals surface area contributed by atoms with Crippen LogP contribution in [-0.2, 0) is 4.79 Å². The van der Waals surface area contributed by atoms with Gasteiger partial charge in [-0.1, -0.05) is 22.0 Å². The monoisotopic (exact) mass is 534 g/mol. The Morgan fingerprint density at radius 3 is 2.64 bits per heavy atom. The van der Waals surface area contributed by atoms with E-state index >= 15 is 0 Å². The van der Waals surface area contributed by atoms with E-state index in [-0.39, 0.29) is 22.6 Å². The average molecular weight is 537 g/mol. The average Bonchev–Trinajstić information content (AvgIpc) is 2.59. The molecule has 0 saturated carbocycles. The molecule has 2 rings (SSSR count). The summed E-state index contributed by atoms with van der Waals surface area (Å²) in [4.78, 5) is 11.8. The number of hydrogen-bond acceptors (Lipinski definition) is 5. The molecule has 0 aliphatic carbocycles. The van der Waals surface area contributed by atoms with Gasteiger partial charge in [0.25, 0.3) is 5.91 Å². The Morgan fingerprint density at radius 1 is 1.24 bits per heavy atom. The van der Waals surface area contributed by atoms with Gasteiger partial charge in [0.2, 0.25) is 0 Å². The fraction of sp³-hybridized carbons (Fsp3) is 0.125. The zero-order valence-corrected chi connectivity index (χ0v) is 17.6. The Bertz CT molecular complexity index is 811. The van der Waals surface area contributed by atoms with Crippen molar-refractivity contribution in [3.05, 3.63) is 48.8 Å². The molecule has 3 N–H and O–H groups in total. The van der Waals surface area contributed by atoms with E-state index < -0.39 is 5.91 Å². The summed E-state index contributed by atoms with van der Waals surface area (Å²) >= 11 is 9.63. The molecule has 0 saturated heterocycles. The third-order valence-corrected chi connectivity index (χ3v) is 5.38. The number of phenolic OH excluding ortho intramolecular Hbond substituents is 2. The van der Waals surface area contributed by atoms with Crippen LogP contribution >= 0.6 is 47.8 Å². The number of hydrogen-bond donors (Lipinski definition) is 3. The van der Waals surface area contributed by atoms with E-state index in [2.05, 4.69) is 58.3 Å². The summed E-state index contributed by atoms with van der Waals surface area (Å²) in [6, 6.07) is 7.11. The lowest BCUT2D eigenvalue weighted by Gasteiger charge is -2.11. The number of amides is 1. The van der Waals surface area contributed by atoms with E-state index in [1.165, 1.54) is 6.21 Å². The number of carbonyl (C=O) groups excluding carboxylic acids is 1. The summed E-state index contributed by atoms with van der Waals surface area (Å²) in [7, 11) is 0. The highest BCUT2D eigenvalue weighted by Crippen LogP contribution is 2.43. The second kappa shape index (κ2) is 8.68. The SMILES string of the molecule is Cc1c(Br)c(O)c(Br)c(O)c1/C=N\NC(=O)COc1cccc(Br)c1. The van der Waals surface area contributed by atoms with Crippen molar-refractivity contribution in [2.75, 3.05) is 6.61 Å². The lowest BCUT2D eigenvalue weighted by Crippen LogP contribution is -2.24. The number of aromatic hydroxyl groups is 2. The molecule has 9 heteroatoms. The minimum atomic E-state index is -0.453. The topological polar surface area (TPSA) is 91.1 Å². The highest BCUT2D eigenvalue weighted by Gasteiger charge is 2.17. The molecule has 2 aromatic rings. The van der Waals surface area contributed by atoms with Crippen LogP contribution in [0.4, 0.5) is 0 Å². The molecule has 2 aromatic carbocycles. The van der Waals surface area contributed by atoms with E-state index in [1.807, 2.05) is 6.07 Å². The van der Waals surface area contributed by atoms with Crippen molar-refractivity contribution >= 4 is 59.9 Å². The Kier molecular flexibility index (Phi) is 6.86. The maximum Gasteiger partial charge on any atom is 0.277 e. The number of rotatable bonds is 5. The summed E-state index contributed by atoms with van der Waals surface area (Å²) < 4.78 is 6.74. The molecule has 0 bridgehead atoms. The number of carbonyl (C=O) groups is 1. The molecule has 132 valence electrons. The molecule has 0 aromatic heterocycles. The van der Waals surface area contributed by atoms with Crippen molar-refractivity contribution in [3.63, 3.8) is 0 Å². The van der Waals surface area contributed by atoms with Crippen molar-refractivity contribution in [2.24, 2.45) is 5.10 Å². The minimum absolute atomic E-state index is 0.112. The van der Waals surface area contributed by atoms with Gasteiger partial charge in [-0.05, 0) is 62.5 Å². The van der Waals surface area contributed by atoms with Gasteiger partial charge in [-0.3, -0.25) is 4.79 Å². The summed E-state index contributed by atoms with van der Waals surface area (Å²) in [6.45, 7) is 1.48. The van der Waals surface area contributed by atoms with Gasteiger partial charge >= 0.3 is 0 Å². The molecule has 0 radical (unpaired) electrons. The van der Waals surface area contributed by atoms with Crippen molar-refractivity contribution in [2.45, 2.75) is 6.92 Å². The van der Waals surface area contributed by atoms with Crippen molar-refractivity contribution in [3.8, 4) is 17.2 Å². The third-order valence-electron chi connectivity index (χ3n) is 3.16. The maximum atomic E-state index is 11.8. The zero-order valence-electron chi connectivity index (χ0n) is 12.9. The third kappa shape index (κ3) is 4.96. The minimum Gasteiger partial charge on any atom is -0.506 e. The molecule has 25 heavy (non-hydrogen) atoms. The number of hydrazone groups is 1. The predicted octanol–water partition coefficient (Wildman–Crippen LogP) is 4.22. The number of ether oxygens (including phenoxy) is 1. The van der Waals surface area contributed by atoms with E-state index in [4.69, 9.17) is 4.74 Å². The number of halogens is 3. The van der Waals surface area contributed by atoms with Crippen LogP contribution in [0.15, 0.2) is 42.8 Å². The van der Waals surface area contributed by atoms with Crippen LogP contribution in [0.5, 0.6) is 17.2 Å². The van der Waals surface area contributed by atoms with E-state index in [0.717, 1.165) is 4.47 Å². The summed E-state index contributed by atoms with van der Waals surface area (Å²) in [6.07, 6.45) is 1.29. The number of nitrogens with one attached hydrogen (secondary N) is 1. The molecule has 6 nitrogen and oxygen atoms in total. The highest BCUT2D eigenvalue weighted by atomic mass is 79.9. The first-order valence-electron chi connectivity index (χ1n) is 6.91. The Labute approximate surface area is 169 Å². The van der Waals surface area contributed by atoms with E-state index in [0.29, 0.717) is 21.3 Å². The van der Waals surface area contributed by atoms with Gasteiger partial charge in [0.15, 0.2) is 6.61 Å². The number of nitrogens with zero attached hydrogens (tertiary/aromatic N) is 1. The van der Waals surface area contributed by atoms with Crippen molar-refractivity contribution < 1.29 is 19.7 Å². The van der Waals surface area contributed by atoms with Gasteiger partial charge in [0.1, 0.15) is 21.7 Å². The molecule has 0 heterocycles. The highest BCUT2D eigenvalue weighted by molar-refractivity contribution is 9.11. The first kappa shape index (κ1) is 19.7. The van der Waals surface area contributed by atoms with Gasteiger partial charge in [-0.25, -0.2) is 5.43 Å². The van der Waals surface area contributed by atoms with Gasteiger partial charge in [0, 0.05) is 10.0 Å². The fourth-order valence-corrected chi connectivity index (χ4v) is 3.33. The summed E-state index contributed by atoms with van der Waals surface area (Å²) in [5.74, 6) is -0.196. The first-order valence-corrected chi connectivity index (χ1v) is 9.29. The molecular weight excluding hydrogens is 524 g/mol. The van der Waals surface area contributed by atoms with Crippen LogP contribution in [0.1, 0.15) is 11.1 Å². The van der Waals surface area contributed by atoms with Crippen LogP contribution in [0, 0.1) is 6.92 Å². The van der Waals surface area contributed by atoms with Crippen LogP contribution in [0.3, 0.4) is 0 Å². The maximum absolute atomic E-state index is 11.8. The van der Waals surface area contributed by atoms with Crippen LogP contribution < -0.4 is 10.2 Å². The molecule has 0 fully saturated rings. The Balaban J connectivity index is 2.00. The number of phenols is 2. The standard InChI is InChI=1S/C16H13Br3N2O4/c1-8-11(15(23)14(19)16(24)13(8)18)6-20-21-12(22)7-25-10-4-2-3-9(17)5-10/h2-6,23-24H,7H2,1H3,(H,21,22)/b20-6-. The van der Waals surface area contributed by atoms with Crippen molar-refractivity contribution in [1.82, 2.24) is 5.43 Å². The Morgan fingerprint density at radius 2 is 1.96 bits per heavy atom. The Hall–Kier alpha value is -1.58. The molecule has 0 aliphatic rings. The van der Waals surface area contributed by atoms with Crippen LogP contribution in [0.25, 0.3) is 0 Å². The van der Waals surface area contributed by atoms with Gasteiger partial charge in [-0.15, -0.1) is 0 Å². The summed E-state index contributed by atoms with van der Waals surface area (Å²) in [5, 5.41) is 23.7. The quantitative estimate of drug-likeness (QED) is 0.394. The van der Waals surface area contributed by atoms with Crippen molar-refractivity contribution in [1.29, 1.82) is 0 Å². The number of benzene rings is 2. The normalized spacial score (nSPS) is 10.9. The van der Waals surface area contributed by atoms with E-state index in [9.17, 15) is 15.0 Å². The lowest BCUT2D eigenvalue weighted by atomic mass is 10.1. The summed E-state index contributed by atoms with van der Waals surface area (Å²) in [5.41, 5.74) is 3.24. The molecule has 0 unspecified atom stereocenters. The molecular formula is C16H13Br3N2O4. The molecule has 0 atom stereocenters. The second-order valence-electron chi connectivity index (χ2n) is 4.90. The van der Waals surface area contributed by atoms with Gasteiger partial charge < -0.3 is 14.9 Å². The fourth-order valence-electron chi connectivity index (χ4n) is 1.86. The zero-order chi connectivity index (χ0) is 18.6.